The van der Waals surface area contributed by atoms with Crippen molar-refractivity contribution in [1.82, 2.24) is 10.6 Å². The minimum atomic E-state index is -3.48. The van der Waals surface area contributed by atoms with E-state index in [9.17, 15) is 13.2 Å². The highest BCUT2D eigenvalue weighted by atomic mass is 32.2. The zero-order valence-electron chi connectivity index (χ0n) is 9.24. The predicted molar refractivity (Wildman–Crippen MR) is 61.2 cm³/mol. The van der Waals surface area contributed by atoms with Crippen molar-refractivity contribution in [3.63, 3.8) is 0 Å². The van der Waals surface area contributed by atoms with Crippen molar-refractivity contribution in [3.8, 4) is 0 Å². The Kier molecular flexibility index (Phi) is 5.17. The number of nitrogens with two attached hydrogens (primary N) is 1. The Labute approximate surface area is 96.0 Å². The van der Waals surface area contributed by atoms with E-state index in [1.54, 1.807) is 0 Å². The molecule has 1 atom stereocenters. The Bertz CT molecular complexity index is 323. The molecule has 0 saturated carbocycles. The van der Waals surface area contributed by atoms with Crippen molar-refractivity contribution in [2.24, 2.45) is 11.1 Å². The van der Waals surface area contributed by atoms with Crippen LogP contribution < -0.4 is 15.8 Å². The van der Waals surface area contributed by atoms with Gasteiger partial charge in [-0.1, -0.05) is 0 Å². The molecule has 0 aromatic carbocycles. The molecule has 1 aliphatic heterocycles. The van der Waals surface area contributed by atoms with E-state index >= 15 is 0 Å². The van der Waals surface area contributed by atoms with Gasteiger partial charge in [0.25, 0.3) is 0 Å². The summed E-state index contributed by atoms with van der Waals surface area (Å²) in [5.41, 5.74) is 0. The summed E-state index contributed by atoms with van der Waals surface area (Å²) in [5, 5.41) is 10.6. The molecule has 0 aliphatic carbocycles. The standard InChI is InChI=1S/C9H19N3O3S/c10-16(14,15)6-5-12-9(13)2-1-8-3-4-11-7-8/h8,11H,1-7H2,(H,12,13)(H2,10,14,15). The van der Waals surface area contributed by atoms with Gasteiger partial charge in [-0.05, 0) is 31.8 Å². The van der Waals surface area contributed by atoms with Crippen LogP contribution in [0.25, 0.3) is 0 Å². The Balaban J connectivity index is 2.06. The average molecular weight is 249 g/mol. The fourth-order valence-corrected chi connectivity index (χ4v) is 2.10. The molecule has 0 aromatic rings. The van der Waals surface area contributed by atoms with Crippen LogP contribution in [0.2, 0.25) is 0 Å². The first kappa shape index (κ1) is 13.4. The van der Waals surface area contributed by atoms with Gasteiger partial charge in [-0.25, -0.2) is 13.6 Å². The SMILES string of the molecule is NS(=O)(=O)CCNC(=O)CCC1CCNC1. The van der Waals surface area contributed by atoms with Crippen LogP contribution in [0.1, 0.15) is 19.3 Å². The first-order chi connectivity index (χ1) is 7.47. The first-order valence-electron chi connectivity index (χ1n) is 5.45. The van der Waals surface area contributed by atoms with Crippen LogP contribution in [0.5, 0.6) is 0 Å². The van der Waals surface area contributed by atoms with Gasteiger partial charge in [0.15, 0.2) is 0 Å². The van der Waals surface area contributed by atoms with E-state index in [0.29, 0.717) is 12.3 Å². The molecule has 1 unspecified atom stereocenters. The zero-order chi connectivity index (χ0) is 12.0. The van der Waals surface area contributed by atoms with E-state index in [2.05, 4.69) is 10.6 Å². The molecule has 1 rings (SSSR count). The van der Waals surface area contributed by atoms with Crippen LogP contribution in [0.15, 0.2) is 0 Å². The van der Waals surface area contributed by atoms with Gasteiger partial charge in [0.2, 0.25) is 15.9 Å². The van der Waals surface area contributed by atoms with Crippen LogP contribution in [0.4, 0.5) is 0 Å². The molecule has 1 amide bonds. The van der Waals surface area contributed by atoms with Gasteiger partial charge in [0, 0.05) is 13.0 Å². The summed E-state index contributed by atoms with van der Waals surface area (Å²) in [7, 11) is -3.48. The second-order valence-electron chi connectivity index (χ2n) is 4.11. The van der Waals surface area contributed by atoms with Crippen molar-refractivity contribution in [1.29, 1.82) is 0 Å². The van der Waals surface area contributed by atoms with Crippen LogP contribution in [-0.4, -0.2) is 39.7 Å². The highest BCUT2D eigenvalue weighted by Crippen LogP contribution is 2.13. The first-order valence-corrected chi connectivity index (χ1v) is 7.17. The molecule has 1 aliphatic rings. The Morgan fingerprint density at radius 3 is 2.81 bits per heavy atom. The molecule has 0 radical (unpaired) electrons. The average Bonchev–Trinajstić information content (AvgIpc) is 2.65. The molecular weight excluding hydrogens is 230 g/mol. The summed E-state index contributed by atoms with van der Waals surface area (Å²) >= 11 is 0. The molecule has 7 heteroatoms. The third-order valence-electron chi connectivity index (χ3n) is 2.65. The summed E-state index contributed by atoms with van der Waals surface area (Å²) in [5.74, 6) is 0.267. The lowest BCUT2D eigenvalue weighted by Gasteiger charge is -2.08. The second kappa shape index (κ2) is 6.17. The topological polar surface area (TPSA) is 101 Å². The third kappa shape index (κ3) is 6.04. The van der Waals surface area contributed by atoms with E-state index in [1.807, 2.05) is 0 Å². The molecule has 16 heavy (non-hydrogen) atoms. The molecule has 4 N–H and O–H groups in total. The van der Waals surface area contributed by atoms with Gasteiger partial charge in [-0.2, -0.15) is 0 Å². The number of carbonyl (C=O) groups is 1. The fraction of sp³-hybridized carbons (Fsp3) is 0.889. The van der Waals surface area contributed by atoms with E-state index in [4.69, 9.17) is 5.14 Å². The minimum Gasteiger partial charge on any atom is -0.355 e. The van der Waals surface area contributed by atoms with Gasteiger partial charge < -0.3 is 10.6 Å². The quantitative estimate of drug-likeness (QED) is 0.549. The molecule has 0 bridgehead atoms. The van der Waals surface area contributed by atoms with Crippen molar-refractivity contribution in [3.05, 3.63) is 0 Å². The Morgan fingerprint density at radius 2 is 2.25 bits per heavy atom. The normalized spacial score (nSPS) is 20.9. The monoisotopic (exact) mass is 249 g/mol. The highest BCUT2D eigenvalue weighted by Gasteiger charge is 2.15. The lowest BCUT2D eigenvalue weighted by Crippen LogP contribution is -2.31. The Hall–Kier alpha value is -0.660. The van der Waals surface area contributed by atoms with Crippen molar-refractivity contribution < 1.29 is 13.2 Å². The smallest absolute Gasteiger partial charge is 0.220 e. The lowest BCUT2D eigenvalue weighted by molar-refractivity contribution is -0.121. The molecule has 0 aromatic heterocycles. The number of primary sulfonamides is 1. The maximum atomic E-state index is 11.3. The van der Waals surface area contributed by atoms with Crippen LogP contribution in [0.3, 0.4) is 0 Å². The number of hydrogen-bond acceptors (Lipinski definition) is 4. The fourth-order valence-electron chi connectivity index (χ4n) is 1.72. The van der Waals surface area contributed by atoms with Gasteiger partial charge in [-0.3, -0.25) is 4.79 Å². The molecule has 1 fully saturated rings. The van der Waals surface area contributed by atoms with Crippen LogP contribution in [0, 0.1) is 5.92 Å². The van der Waals surface area contributed by atoms with E-state index < -0.39 is 10.0 Å². The number of amides is 1. The van der Waals surface area contributed by atoms with Gasteiger partial charge >= 0.3 is 0 Å². The summed E-state index contributed by atoms with van der Waals surface area (Å²) in [4.78, 5) is 11.3. The van der Waals surface area contributed by atoms with E-state index in [1.165, 1.54) is 0 Å². The molecule has 1 heterocycles. The van der Waals surface area contributed by atoms with Gasteiger partial charge in [0.05, 0.1) is 5.75 Å². The molecular formula is C9H19N3O3S. The highest BCUT2D eigenvalue weighted by molar-refractivity contribution is 7.89. The maximum absolute atomic E-state index is 11.3. The van der Waals surface area contributed by atoms with Crippen molar-refractivity contribution >= 4 is 15.9 Å². The maximum Gasteiger partial charge on any atom is 0.220 e. The van der Waals surface area contributed by atoms with Crippen LogP contribution >= 0.6 is 0 Å². The molecule has 6 nitrogen and oxygen atoms in total. The number of rotatable bonds is 6. The third-order valence-corrected chi connectivity index (χ3v) is 3.42. The summed E-state index contributed by atoms with van der Waals surface area (Å²) < 4.78 is 21.2. The number of carbonyl (C=O) groups excluding carboxylic acids is 1. The second-order valence-corrected chi connectivity index (χ2v) is 5.85. The minimum absolute atomic E-state index is 0.0978. The largest absolute Gasteiger partial charge is 0.355 e. The number of sulfonamides is 1. The van der Waals surface area contributed by atoms with Gasteiger partial charge in [0.1, 0.15) is 0 Å². The van der Waals surface area contributed by atoms with Crippen molar-refractivity contribution in [2.75, 3.05) is 25.4 Å². The Morgan fingerprint density at radius 1 is 1.50 bits per heavy atom. The van der Waals surface area contributed by atoms with E-state index in [-0.39, 0.29) is 18.2 Å². The molecule has 1 saturated heterocycles. The molecule has 0 spiro atoms. The van der Waals surface area contributed by atoms with Gasteiger partial charge in [-0.15, -0.1) is 0 Å². The van der Waals surface area contributed by atoms with E-state index in [0.717, 1.165) is 25.9 Å². The number of nitrogens with one attached hydrogen (secondary N) is 2. The summed E-state index contributed by atoms with van der Waals surface area (Å²) in [6.45, 7) is 2.10. The lowest BCUT2D eigenvalue weighted by atomic mass is 10.0. The van der Waals surface area contributed by atoms with Crippen LogP contribution in [-0.2, 0) is 14.8 Å². The summed E-state index contributed by atoms with van der Waals surface area (Å²) in [6.07, 6.45) is 2.43. The zero-order valence-corrected chi connectivity index (χ0v) is 10.1. The summed E-state index contributed by atoms with van der Waals surface area (Å²) in [6, 6.07) is 0. The van der Waals surface area contributed by atoms with Crippen molar-refractivity contribution in [2.45, 2.75) is 19.3 Å². The predicted octanol–water partition coefficient (Wildman–Crippen LogP) is -1.22. The number of hydrogen-bond donors (Lipinski definition) is 3. The molecule has 94 valence electrons.